The number of hydrogen-bond acceptors (Lipinski definition) is 2. The summed E-state index contributed by atoms with van der Waals surface area (Å²) in [6.07, 6.45) is 4.85. The van der Waals surface area contributed by atoms with Crippen LogP contribution in [0.5, 0.6) is 0 Å². The molecule has 2 nitrogen and oxygen atoms in total. The molecule has 1 aromatic rings. The zero-order valence-electron chi connectivity index (χ0n) is 11.2. The summed E-state index contributed by atoms with van der Waals surface area (Å²) < 4.78 is 0. The standard InChI is InChI=1S/C15H25N2/c1-4-5-6-7-12-16-13-14-8-10-15(11-9-14)17(2)3/h8-11,16H,1,4-7,12-13H2,2-3H3. The molecule has 0 unspecified atom stereocenters. The third-order valence-electron chi connectivity index (χ3n) is 2.89. The van der Waals surface area contributed by atoms with Crippen LogP contribution in [0.3, 0.4) is 0 Å². The zero-order chi connectivity index (χ0) is 12.5. The third kappa shape index (κ3) is 5.73. The first-order valence-electron chi connectivity index (χ1n) is 6.50. The Morgan fingerprint density at radius 2 is 1.76 bits per heavy atom. The Morgan fingerprint density at radius 3 is 2.35 bits per heavy atom. The number of benzene rings is 1. The lowest BCUT2D eigenvalue weighted by molar-refractivity contribution is 0.605. The van der Waals surface area contributed by atoms with Crippen molar-refractivity contribution in [2.24, 2.45) is 0 Å². The van der Waals surface area contributed by atoms with E-state index < -0.39 is 0 Å². The van der Waals surface area contributed by atoms with E-state index in [-0.39, 0.29) is 0 Å². The number of rotatable bonds is 8. The van der Waals surface area contributed by atoms with E-state index in [2.05, 4.69) is 55.5 Å². The van der Waals surface area contributed by atoms with Crippen molar-refractivity contribution in [2.75, 3.05) is 25.5 Å². The summed E-state index contributed by atoms with van der Waals surface area (Å²) in [5, 5.41) is 3.48. The first-order chi connectivity index (χ1) is 8.24. The molecule has 0 saturated carbocycles. The topological polar surface area (TPSA) is 15.3 Å². The maximum Gasteiger partial charge on any atom is 0.0361 e. The summed E-state index contributed by atoms with van der Waals surface area (Å²) in [5.74, 6) is 0. The fraction of sp³-hybridized carbons (Fsp3) is 0.533. The maximum atomic E-state index is 3.85. The van der Waals surface area contributed by atoms with Crippen molar-refractivity contribution in [2.45, 2.75) is 32.2 Å². The Kier molecular flexibility index (Phi) is 6.71. The highest BCUT2D eigenvalue weighted by atomic mass is 15.1. The SMILES string of the molecule is [CH2]CCCCCNCc1ccc(N(C)C)cc1. The van der Waals surface area contributed by atoms with E-state index in [0.717, 1.165) is 19.5 Å². The predicted molar refractivity (Wildman–Crippen MR) is 76.3 cm³/mol. The number of unbranched alkanes of at least 4 members (excludes halogenated alkanes) is 3. The van der Waals surface area contributed by atoms with E-state index in [1.807, 2.05) is 0 Å². The predicted octanol–water partition coefficient (Wildman–Crippen LogP) is 3.24. The molecule has 0 aromatic heterocycles. The minimum Gasteiger partial charge on any atom is -0.378 e. The van der Waals surface area contributed by atoms with Crippen LogP contribution < -0.4 is 10.2 Å². The summed E-state index contributed by atoms with van der Waals surface area (Å²) in [6.45, 7) is 5.93. The van der Waals surface area contributed by atoms with Crippen molar-refractivity contribution in [3.63, 3.8) is 0 Å². The molecule has 0 amide bonds. The third-order valence-corrected chi connectivity index (χ3v) is 2.89. The van der Waals surface area contributed by atoms with Gasteiger partial charge in [0.05, 0.1) is 0 Å². The van der Waals surface area contributed by atoms with Gasteiger partial charge in [0, 0.05) is 26.3 Å². The molecule has 0 spiro atoms. The molecular weight excluding hydrogens is 208 g/mol. The second-order valence-electron chi connectivity index (χ2n) is 4.65. The van der Waals surface area contributed by atoms with Crippen molar-refractivity contribution in [3.8, 4) is 0 Å². The second-order valence-corrected chi connectivity index (χ2v) is 4.65. The second kappa shape index (κ2) is 8.13. The summed E-state index contributed by atoms with van der Waals surface area (Å²) >= 11 is 0. The van der Waals surface area contributed by atoms with Gasteiger partial charge >= 0.3 is 0 Å². The molecule has 0 aliphatic carbocycles. The average Bonchev–Trinajstić information content (AvgIpc) is 2.34. The first-order valence-corrected chi connectivity index (χ1v) is 6.50. The van der Waals surface area contributed by atoms with Gasteiger partial charge in [0.25, 0.3) is 0 Å². The lowest BCUT2D eigenvalue weighted by Gasteiger charge is -2.12. The average molecular weight is 233 g/mol. The number of nitrogens with one attached hydrogen (secondary N) is 1. The maximum absolute atomic E-state index is 3.85. The van der Waals surface area contributed by atoms with Gasteiger partial charge in [-0.1, -0.05) is 38.3 Å². The van der Waals surface area contributed by atoms with Crippen molar-refractivity contribution in [3.05, 3.63) is 36.8 Å². The van der Waals surface area contributed by atoms with Crippen LogP contribution in [-0.4, -0.2) is 20.6 Å². The molecule has 95 valence electrons. The molecular formula is C15H25N2. The summed E-state index contributed by atoms with van der Waals surface area (Å²) in [6, 6.07) is 8.72. The van der Waals surface area contributed by atoms with Crippen LogP contribution in [0.4, 0.5) is 5.69 Å². The number of anilines is 1. The van der Waals surface area contributed by atoms with Gasteiger partial charge in [-0.15, -0.1) is 0 Å². The Hall–Kier alpha value is -1.02. The van der Waals surface area contributed by atoms with Gasteiger partial charge in [-0.3, -0.25) is 0 Å². The molecule has 1 radical (unpaired) electrons. The van der Waals surface area contributed by atoms with Crippen LogP contribution in [0.2, 0.25) is 0 Å². The van der Waals surface area contributed by atoms with Gasteiger partial charge in [0.2, 0.25) is 0 Å². The lowest BCUT2D eigenvalue weighted by atomic mass is 10.2. The molecule has 0 heterocycles. The molecule has 0 fully saturated rings. The fourth-order valence-electron chi connectivity index (χ4n) is 1.75. The fourth-order valence-corrected chi connectivity index (χ4v) is 1.75. The molecule has 1 aromatic carbocycles. The molecule has 1 rings (SSSR count). The Morgan fingerprint density at radius 1 is 1.06 bits per heavy atom. The summed E-state index contributed by atoms with van der Waals surface area (Å²) in [7, 11) is 4.13. The normalized spacial score (nSPS) is 10.5. The van der Waals surface area contributed by atoms with Crippen LogP contribution in [0, 0.1) is 6.92 Å². The Balaban J connectivity index is 2.19. The number of nitrogens with zero attached hydrogens (tertiary/aromatic N) is 1. The van der Waals surface area contributed by atoms with Gasteiger partial charge in [0.15, 0.2) is 0 Å². The summed E-state index contributed by atoms with van der Waals surface area (Å²) in [5.41, 5.74) is 2.61. The van der Waals surface area contributed by atoms with Crippen LogP contribution >= 0.6 is 0 Å². The van der Waals surface area contributed by atoms with Crippen molar-refractivity contribution in [1.29, 1.82) is 0 Å². The highest BCUT2D eigenvalue weighted by molar-refractivity contribution is 5.45. The van der Waals surface area contributed by atoms with E-state index in [1.165, 1.54) is 30.5 Å². The van der Waals surface area contributed by atoms with Crippen LogP contribution in [-0.2, 0) is 6.54 Å². The van der Waals surface area contributed by atoms with E-state index in [4.69, 9.17) is 0 Å². The highest BCUT2D eigenvalue weighted by Gasteiger charge is 1.96. The van der Waals surface area contributed by atoms with E-state index >= 15 is 0 Å². The molecule has 1 N–H and O–H groups in total. The lowest BCUT2D eigenvalue weighted by Crippen LogP contribution is -2.15. The van der Waals surface area contributed by atoms with Gasteiger partial charge in [-0.05, 0) is 30.7 Å². The molecule has 0 bridgehead atoms. The van der Waals surface area contributed by atoms with E-state index in [1.54, 1.807) is 0 Å². The van der Waals surface area contributed by atoms with Gasteiger partial charge in [-0.25, -0.2) is 0 Å². The van der Waals surface area contributed by atoms with E-state index in [0.29, 0.717) is 0 Å². The highest BCUT2D eigenvalue weighted by Crippen LogP contribution is 2.11. The smallest absolute Gasteiger partial charge is 0.0361 e. The van der Waals surface area contributed by atoms with E-state index in [9.17, 15) is 0 Å². The van der Waals surface area contributed by atoms with Crippen molar-refractivity contribution < 1.29 is 0 Å². The molecule has 0 atom stereocenters. The molecule has 17 heavy (non-hydrogen) atoms. The van der Waals surface area contributed by atoms with Crippen LogP contribution in [0.1, 0.15) is 31.2 Å². The number of hydrogen-bond donors (Lipinski definition) is 1. The Labute approximate surface area is 106 Å². The molecule has 0 aliphatic rings. The molecule has 0 aliphatic heterocycles. The largest absolute Gasteiger partial charge is 0.378 e. The minimum atomic E-state index is 0.970. The molecule has 0 saturated heterocycles. The van der Waals surface area contributed by atoms with Gasteiger partial charge < -0.3 is 10.2 Å². The summed E-state index contributed by atoms with van der Waals surface area (Å²) in [4.78, 5) is 2.12. The Bertz CT molecular complexity index is 290. The van der Waals surface area contributed by atoms with Gasteiger partial charge in [-0.2, -0.15) is 0 Å². The minimum absolute atomic E-state index is 0.970. The van der Waals surface area contributed by atoms with Crippen LogP contribution in [0.25, 0.3) is 0 Å². The zero-order valence-corrected chi connectivity index (χ0v) is 11.2. The van der Waals surface area contributed by atoms with Crippen LogP contribution in [0.15, 0.2) is 24.3 Å². The quantitative estimate of drug-likeness (QED) is 0.693. The molecule has 2 heteroatoms. The monoisotopic (exact) mass is 233 g/mol. The van der Waals surface area contributed by atoms with Gasteiger partial charge in [0.1, 0.15) is 0 Å². The van der Waals surface area contributed by atoms with Crippen molar-refractivity contribution >= 4 is 5.69 Å². The van der Waals surface area contributed by atoms with Crippen molar-refractivity contribution in [1.82, 2.24) is 5.32 Å². The first kappa shape index (κ1) is 14.0.